The van der Waals surface area contributed by atoms with Crippen LogP contribution in [0.5, 0.6) is 0 Å². The van der Waals surface area contributed by atoms with E-state index in [1.165, 1.54) is 51.4 Å². The SMILES string of the molecule is CC(NC1CCCCCC1)C1CCOCC1. The smallest absolute Gasteiger partial charge is 0.0469 e. The standard InChI is InChI=1S/C14H27NO/c1-12(13-8-10-16-11-9-13)15-14-6-4-2-3-5-7-14/h12-15H,2-11H2,1H3. The number of rotatable bonds is 3. The summed E-state index contributed by atoms with van der Waals surface area (Å²) in [7, 11) is 0. The Hall–Kier alpha value is -0.0800. The molecule has 0 aromatic carbocycles. The molecule has 1 aliphatic carbocycles. The van der Waals surface area contributed by atoms with Gasteiger partial charge in [-0.2, -0.15) is 0 Å². The average Bonchev–Trinajstić information content (AvgIpc) is 2.59. The van der Waals surface area contributed by atoms with Crippen LogP contribution in [0.25, 0.3) is 0 Å². The van der Waals surface area contributed by atoms with Gasteiger partial charge in [0.25, 0.3) is 0 Å². The normalized spacial score (nSPS) is 27.6. The Morgan fingerprint density at radius 1 is 0.938 bits per heavy atom. The molecule has 94 valence electrons. The Morgan fingerprint density at radius 3 is 2.19 bits per heavy atom. The highest BCUT2D eigenvalue weighted by atomic mass is 16.5. The van der Waals surface area contributed by atoms with E-state index in [9.17, 15) is 0 Å². The van der Waals surface area contributed by atoms with Crippen molar-refractivity contribution in [2.45, 2.75) is 70.4 Å². The molecule has 2 aliphatic rings. The zero-order valence-corrected chi connectivity index (χ0v) is 10.7. The number of ether oxygens (including phenoxy) is 1. The molecule has 2 fully saturated rings. The summed E-state index contributed by atoms with van der Waals surface area (Å²) in [6.45, 7) is 4.32. The number of nitrogens with one attached hydrogen (secondary N) is 1. The Morgan fingerprint density at radius 2 is 1.56 bits per heavy atom. The van der Waals surface area contributed by atoms with Gasteiger partial charge in [-0.3, -0.25) is 0 Å². The predicted molar refractivity (Wildman–Crippen MR) is 67.6 cm³/mol. The van der Waals surface area contributed by atoms with Crippen molar-refractivity contribution in [2.24, 2.45) is 5.92 Å². The van der Waals surface area contributed by atoms with Crippen molar-refractivity contribution in [2.75, 3.05) is 13.2 Å². The Labute approximate surface area is 100 Å². The summed E-state index contributed by atoms with van der Waals surface area (Å²) in [6, 6.07) is 1.48. The lowest BCUT2D eigenvalue weighted by Crippen LogP contribution is -2.42. The first-order valence-electron chi connectivity index (χ1n) is 7.20. The molecule has 0 radical (unpaired) electrons. The predicted octanol–water partition coefficient (Wildman–Crippen LogP) is 3.11. The zero-order valence-electron chi connectivity index (χ0n) is 10.7. The van der Waals surface area contributed by atoms with Gasteiger partial charge in [0.15, 0.2) is 0 Å². The largest absolute Gasteiger partial charge is 0.381 e. The Kier molecular flexibility index (Phi) is 5.11. The minimum atomic E-state index is 0.687. The van der Waals surface area contributed by atoms with Gasteiger partial charge in [-0.1, -0.05) is 25.7 Å². The van der Waals surface area contributed by atoms with Gasteiger partial charge in [-0.25, -0.2) is 0 Å². The van der Waals surface area contributed by atoms with E-state index in [1.807, 2.05) is 0 Å². The van der Waals surface area contributed by atoms with E-state index in [0.717, 1.165) is 25.2 Å². The fourth-order valence-electron chi connectivity index (χ4n) is 3.17. The van der Waals surface area contributed by atoms with Crippen LogP contribution in [-0.2, 0) is 4.74 Å². The second-order valence-corrected chi connectivity index (χ2v) is 5.59. The third-order valence-corrected chi connectivity index (χ3v) is 4.33. The van der Waals surface area contributed by atoms with Crippen molar-refractivity contribution in [1.29, 1.82) is 0 Å². The minimum Gasteiger partial charge on any atom is -0.381 e. The first kappa shape index (κ1) is 12.4. The molecule has 1 aliphatic heterocycles. The molecule has 2 rings (SSSR count). The van der Waals surface area contributed by atoms with E-state index in [4.69, 9.17) is 4.74 Å². The summed E-state index contributed by atoms with van der Waals surface area (Å²) in [5, 5.41) is 3.87. The van der Waals surface area contributed by atoms with E-state index < -0.39 is 0 Å². The number of hydrogen-bond acceptors (Lipinski definition) is 2. The van der Waals surface area contributed by atoms with E-state index in [0.29, 0.717) is 6.04 Å². The minimum absolute atomic E-state index is 0.687. The molecule has 1 unspecified atom stereocenters. The lowest BCUT2D eigenvalue weighted by atomic mass is 9.92. The fourth-order valence-corrected chi connectivity index (χ4v) is 3.17. The molecule has 0 bridgehead atoms. The molecule has 0 aromatic heterocycles. The number of hydrogen-bond donors (Lipinski definition) is 1. The molecular weight excluding hydrogens is 198 g/mol. The van der Waals surface area contributed by atoms with Crippen LogP contribution in [-0.4, -0.2) is 25.3 Å². The van der Waals surface area contributed by atoms with Crippen LogP contribution in [0.4, 0.5) is 0 Å². The van der Waals surface area contributed by atoms with Crippen LogP contribution in [0.1, 0.15) is 58.3 Å². The maximum atomic E-state index is 5.43. The molecule has 1 saturated carbocycles. The summed E-state index contributed by atoms with van der Waals surface area (Å²) < 4.78 is 5.43. The van der Waals surface area contributed by atoms with Crippen LogP contribution in [0.3, 0.4) is 0 Å². The summed E-state index contributed by atoms with van der Waals surface area (Å²) >= 11 is 0. The van der Waals surface area contributed by atoms with Gasteiger partial charge >= 0.3 is 0 Å². The van der Waals surface area contributed by atoms with E-state index >= 15 is 0 Å². The fraction of sp³-hybridized carbons (Fsp3) is 1.00. The summed E-state index contributed by atoms with van der Waals surface area (Å²) in [5.41, 5.74) is 0. The lowest BCUT2D eigenvalue weighted by Gasteiger charge is -2.31. The maximum Gasteiger partial charge on any atom is 0.0469 e. The van der Waals surface area contributed by atoms with Crippen molar-refractivity contribution in [3.63, 3.8) is 0 Å². The highest BCUT2D eigenvalue weighted by molar-refractivity contribution is 4.80. The topological polar surface area (TPSA) is 21.3 Å². The summed E-state index contributed by atoms with van der Waals surface area (Å²) in [5.74, 6) is 0.844. The van der Waals surface area contributed by atoms with E-state index in [2.05, 4.69) is 12.2 Å². The van der Waals surface area contributed by atoms with Gasteiger partial charge < -0.3 is 10.1 Å². The molecule has 2 heteroatoms. The second-order valence-electron chi connectivity index (χ2n) is 5.59. The molecule has 1 N–H and O–H groups in total. The van der Waals surface area contributed by atoms with E-state index in [1.54, 1.807) is 0 Å². The zero-order chi connectivity index (χ0) is 11.2. The lowest BCUT2D eigenvalue weighted by molar-refractivity contribution is 0.0541. The Balaban J connectivity index is 1.73. The second kappa shape index (κ2) is 6.61. The van der Waals surface area contributed by atoms with Crippen LogP contribution in [0, 0.1) is 5.92 Å². The highest BCUT2D eigenvalue weighted by Crippen LogP contribution is 2.22. The van der Waals surface area contributed by atoms with Gasteiger partial charge in [0.2, 0.25) is 0 Å². The van der Waals surface area contributed by atoms with Crippen molar-refractivity contribution >= 4 is 0 Å². The summed E-state index contributed by atoms with van der Waals surface area (Å²) in [4.78, 5) is 0. The Bertz CT molecular complexity index is 181. The monoisotopic (exact) mass is 225 g/mol. The van der Waals surface area contributed by atoms with Crippen LogP contribution in [0.15, 0.2) is 0 Å². The first-order valence-corrected chi connectivity index (χ1v) is 7.20. The molecule has 16 heavy (non-hydrogen) atoms. The molecule has 0 spiro atoms. The third-order valence-electron chi connectivity index (χ3n) is 4.33. The molecular formula is C14H27NO. The first-order chi connectivity index (χ1) is 7.86. The van der Waals surface area contributed by atoms with Crippen LogP contribution in [0.2, 0.25) is 0 Å². The van der Waals surface area contributed by atoms with E-state index in [-0.39, 0.29) is 0 Å². The van der Waals surface area contributed by atoms with Gasteiger partial charge in [0, 0.05) is 25.3 Å². The van der Waals surface area contributed by atoms with Crippen molar-refractivity contribution in [1.82, 2.24) is 5.32 Å². The average molecular weight is 225 g/mol. The van der Waals surface area contributed by atoms with Crippen molar-refractivity contribution in [3.8, 4) is 0 Å². The highest BCUT2D eigenvalue weighted by Gasteiger charge is 2.23. The van der Waals surface area contributed by atoms with Crippen molar-refractivity contribution in [3.05, 3.63) is 0 Å². The quantitative estimate of drug-likeness (QED) is 0.745. The van der Waals surface area contributed by atoms with Gasteiger partial charge in [0.05, 0.1) is 0 Å². The maximum absolute atomic E-state index is 5.43. The van der Waals surface area contributed by atoms with Gasteiger partial charge in [-0.15, -0.1) is 0 Å². The van der Waals surface area contributed by atoms with Crippen molar-refractivity contribution < 1.29 is 4.74 Å². The summed E-state index contributed by atoms with van der Waals surface area (Å²) in [6.07, 6.45) is 11.0. The molecule has 1 saturated heterocycles. The molecule has 0 aromatic rings. The third kappa shape index (κ3) is 3.74. The van der Waals surface area contributed by atoms with Gasteiger partial charge in [0.1, 0.15) is 0 Å². The molecule has 0 amide bonds. The molecule has 2 nitrogen and oxygen atoms in total. The molecule has 1 atom stereocenters. The van der Waals surface area contributed by atoms with Crippen LogP contribution >= 0.6 is 0 Å². The van der Waals surface area contributed by atoms with Gasteiger partial charge in [-0.05, 0) is 38.5 Å². The molecule has 1 heterocycles. The van der Waals surface area contributed by atoms with Crippen LogP contribution < -0.4 is 5.32 Å².